The van der Waals surface area contributed by atoms with Crippen LogP contribution in [0.5, 0.6) is 0 Å². The number of benzene rings is 1. The molecule has 3 aromatic rings. The molecule has 108 valence electrons. The predicted molar refractivity (Wildman–Crippen MR) is 83.1 cm³/mol. The first-order valence-electron chi connectivity index (χ1n) is 7.00. The zero-order valence-electron chi connectivity index (χ0n) is 12.0. The van der Waals surface area contributed by atoms with E-state index in [0.717, 1.165) is 16.9 Å². The van der Waals surface area contributed by atoms with Crippen molar-refractivity contribution in [3.05, 3.63) is 77.7 Å². The van der Waals surface area contributed by atoms with Gasteiger partial charge in [0.25, 0.3) is 0 Å². The first-order valence-corrected chi connectivity index (χ1v) is 7.00. The number of aromatic nitrogens is 3. The summed E-state index contributed by atoms with van der Waals surface area (Å²) in [7, 11) is 0. The van der Waals surface area contributed by atoms with Gasteiger partial charge in [0.2, 0.25) is 0 Å². The SMILES string of the molecule is N#Cc1cccc(CNCc2cccnc2-n2cccn2)c1. The highest BCUT2D eigenvalue weighted by molar-refractivity contribution is 5.34. The van der Waals surface area contributed by atoms with E-state index in [4.69, 9.17) is 5.26 Å². The Morgan fingerprint density at radius 1 is 1.09 bits per heavy atom. The van der Waals surface area contributed by atoms with Crippen LogP contribution in [0.4, 0.5) is 0 Å². The molecular weight excluding hydrogens is 274 g/mol. The van der Waals surface area contributed by atoms with Gasteiger partial charge in [-0.2, -0.15) is 10.4 Å². The first-order chi connectivity index (χ1) is 10.9. The molecule has 2 aromatic heterocycles. The van der Waals surface area contributed by atoms with Gasteiger partial charge in [0.1, 0.15) is 0 Å². The maximum atomic E-state index is 8.92. The number of pyridine rings is 1. The van der Waals surface area contributed by atoms with Gasteiger partial charge in [0.15, 0.2) is 5.82 Å². The van der Waals surface area contributed by atoms with Crippen molar-refractivity contribution in [2.24, 2.45) is 0 Å². The van der Waals surface area contributed by atoms with Gasteiger partial charge in [0.05, 0.1) is 11.6 Å². The van der Waals surface area contributed by atoms with Crippen molar-refractivity contribution >= 4 is 0 Å². The van der Waals surface area contributed by atoms with Crippen molar-refractivity contribution in [1.29, 1.82) is 5.26 Å². The van der Waals surface area contributed by atoms with Crippen LogP contribution in [0.25, 0.3) is 5.82 Å². The third-order valence-electron chi connectivity index (χ3n) is 3.29. The molecule has 0 aliphatic rings. The second-order valence-corrected chi connectivity index (χ2v) is 4.85. The third-order valence-corrected chi connectivity index (χ3v) is 3.29. The summed E-state index contributed by atoms with van der Waals surface area (Å²) < 4.78 is 1.76. The zero-order chi connectivity index (χ0) is 15.2. The predicted octanol–water partition coefficient (Wildman–Crippen LogP) is 2.43. The molecule has 5 nitrogen and oxygen atoms in total. The summed E-state index contributed by atoms with van der Waals surface area (Å²) in [5.41, 5.74) is 2.84. The van der Waals surface area contributed by atoms with E-state index in [-0.39, 0.29) is 0 Å². The molecule has 0 unspecified atom stereocenters. The maximum Gasteiger partial charge on any atom is 0.157 e. The highest BCUT2D eigenvalue weighted by Gasteiger charge is 2.05. The normalized spacial score (nSPS) is 10.3. The summed E-state index contributed by atoms with van der Waals surface area (Å²) in [5, 5.41) is 16.5. The molecule has 5 heteroatoms. The monoisotopic (exact) mass is 289 g/mol. The van der Waals surface area contributed by atoms with E-state index in [1.165, 1.54) is 0 Å². The Bertz CT molecular complexity index is 787. The fourth-order valence-corrected chi connectivity index (χ4v) is 2.26. The number of hydrogen-bond acceptors (Lipinski definition) is 4. The minimum Gasteiger partial charge on any atom is -0.308 e. The van der Waals surface area contributed by atoms with Gasteiger partial charge >= 0.3 is 0 Å². The van der Waals surface area contributed by atoms with Gasteiger partial charge in [-0.05, 0) is 29.8 Å². The van der Waals surface area contributed by atoms with E-state index in [0.29, 0.717) is 18.7 Å². The van der Waals surface area contributed by atoms with Crippen molar-refractivity contribution < 1.29 is 0 Å². The quantitative estimate of drug-likeness (QED) is 0.783. The third kappa shape index (κ3) is 3.19. The van der Waals surface area contributed by atoms with Crippen molar-refractivity contribution in [3.63, 3.8) is 0 Å². The topological polar surface area (TPSA) is 66.5 Å². The van der Waals surface area contributed by atoms with E-state index in [1.54, 1.807) is 23.1 Å². The molecule has 0 atom stereocenters. The van der Waals surface area contributed by atoms with Gasteiger partial charge in [-0.3, -0.25) is 0 Å². The first kappa shape index (κ1) is 14.0. The lowest BCUT2D eigenvalue weighted by molar-refractivity contribution is 0.681. The Labute approximate surface area is 128 Å². The molecule has 1 N–H and O–H groups in total. The molecule has 3 rings (SSSR count). The van der Waals surface area contributed by atoms with Gasteiger partial charge in [-0.1, -0.05) is 18.2 Å². The summed E-state index contributed by atoms with van der Waals surface area (Å²) in [5.74, 6) is 0.825. The standard InChI is InChI=1S/C17H15N5/c18-11-14-4-1-5-15(10-14)12-19-13-16-6-2-7-20-17(16)22-9-3-8-21-22/h1-10,19H,12-13H2. The molecule has 0 bridgehead atoms. The molecule has 2 heterocycles. The van der Waals surface area contributed by atoms with E-state index in [2.05, 4.69) is 21.5 Å². The summed E-state index contributed by atoms with van der Waals surface area (Å²) >= 11 is 0. The van der Waals surface area contributed by atoms with Crippen LogP contribution in [-0.4, -0.2) is 14.8 Å². The van der Waals surface area contributed by atoms with E-state index < -0.39 is 0 Å². The van der Waals surface area contributed by atoms with Gasteiger partial charge < -0.3 is 5.32 Å². The van der Waals surface area contributed by atoms with Crippen LogP contribution in [0.1, 0.15) is 16.7 Å². The minimum atomic E-state index is 0.679. The van der Waals surface area contributed by atoms with Crippen LogP contribution in [0.3, 0.4) is 0 Å². The van der Waals surface area contributed by atoms with Crippen LogP contribution >= 0.6 is 0 Å². The van der Waals surface area contributed by atoms with Crippen LogP contribution in [0, 0.1) is 11.3 Å². The number of nitrogens with one attached hydrogen (secondary N) is 1. The highest BCUT2D eigenvalue weighted by atomic mass is 15.3. The molecule has 0 radical (unpaired) electrons. The lowest BCUT2D eigenvalue weighted by atomic mass is 10.1. The maximum absolute atomic E-state index is 8.92. The van der Waals surface area contributed by atoms with Crippen LogP contribution in [0.2, 0.25) is 0 Å². The molecule has 0 amide bonds. The zero-order valence-corrected chi connectivity index (χ0v) is 12.0. The summed E-state index contributed by atoms with van der Waals surface area (Å²) in [6, 6.07) is 15.6. The van der Waals surface area contributed by atoms with Gasteiger partial charge in [-0.25, -0.2) is 9.67 Å². The van der Waals surface area contributed by atoms with Crippen molar-refractivity contribution in [2.45, 2.75) is 13.1 Å². The highest BCUT2D eigenvalue weighted by Crippen LogP contribution is 2.10. The smallest absolute Gasteiger partial charge is 0.157 e. The average Bonchev–Trinajstić information content (AvgIpc) is 3.10. The summed E-state index contributed by atoms with van der Waals surface area (Å²) in [4.78, 5) is 4.39. The molecule has 0 saturated carbocycles. The second-order valence-electron chi connectivity index (χ2n) is 4.85. The fourth-order valence-electron chi connectivity index (χ4n) is 2.26. The Balaban J connectivity index is 1.68. The molecular formula is C17H15N5. The lowest BCUT2D eigenvalue weighted by Gasteiger charge is -2.09. The Morgan fingerprint density at radius 3 is 2.86 bits per heavy atom. The second kappa shape index (κ2) is 6.66. The van der Waals surface area contributed by atoms with E-state index in [9.17, 15) is 0 Å². The lowest BCUT2D eigenvalue weighted by Crippen LogP contribution is -2.15. The summed E-state index contributed by atoms with van der Waals surface area (Å²) in [6.07, 6.45) is 5.37. The Hall–Kier alpha value is -2.97. The molecule has 0 fully saturated rings. The van der Waals surface area contributed by atoms with E-state index >= 15 is 0 Å². The van der Waals surface area contributed by atoms with E-state index in [1.807, 2.05) is 42.6 Å². The van der Waals surface area contributed by atoms with Gasteiger partial charge in [-0.15, -0.1) is 0 Å². The van der Waals surface area contributed by atoms with Crippen molar-refractivity contribution in [3.8, 4) is 11.9 Å². The van der Waals surface area contributed by atoms with Crippen LogP contribution in [0.15, 0.2) is 61.1 Å². The van der Waals surface area contributed by atoms with Crippen molar-refractivity contribution in [2.75, 3.05) is 0 Å². The molecule has 1 aromatic carbocycles. The Kier molecular flexibility index (Phi) is 4.23. The summed E-state index contributed by atoms with van der Waals surface area (Å²) in [6.45, 7) is 1.38. The number of nitrogens with zero attached hydrogens (tertiary/aromatic N) is 4. The molecule has 22 heavy (non-hydrogen) atoms. The number of nitriles is 1. The fraction of sp³-hybridized carbons (Fsp3) is 0.118. The van der Waals surface area contributed by atoms with Crippen LogP contribution in [-0.2, 0) is 13.1 Å². The average molecular weight is 289 g/mol. The Morgan fingerprint density at radius 2 is 2.05 bits per heavy atom. The van der Waals surface area contributed by atoms with Crippen LogP contribution < -0.4 is 5.32 Å². The van der Waals surface area contributed by atoms with Gasteiger partial charge in [0, 0.05) is 37.2 Å². The molecule has 0 spiro atoms. The largest absolute Gasteiger partial charge is 0.308 e. The number of hydrogen-bond donors (Lipinski definition) is 1. The molecule has 0 aliphatic carbocycles. The minimum absolute atomic E-state index is 0.679. The number of rotatable bonds is 5. The molecule has 0 saturated heterocycles. The molecule has 0 aliphatic heterocycles. The van der Waals surface area contributed by atoms with Crippen molar-refractivity contribution in [1.82, 2.24) is 20.1 Å².